The molecule has 4 aromatic rings. The Kier molecular flexibility index (Phi) is 9.98. The Bertz CT molecular complexity index is 1440. The van der Waals surface area contributed by atoms with Crippen LogP contribution in [0.2, 0.25) is 0 Å². The van der Waals surface area contributed by atoms with Gasteiger partial charge >= 0.3 is 11.8 Å². The number of rotatable bonds is 4. The first-order valence-electron chi connectivity index (χ1n) is 13.8. The predicted molar refractivity (Wildman–Crippen MR) is 173 cm³/mol. The van der Waals surface area contributed by atoms with Crippen molar-refractivity contribution in [2.45, 2.75) is 45.4 Å². The second-order valence-corrected chi connectivity index (χ2v) is 13.5. The van der Waals surface area contributed by atoms with Crippen molar-refractivity contribution in [2.75, 3.05) is 38.0 Å². The van der Waals surface area contributed by atoms with Crippen molar-refractivity contribution in [3.05, 3.63) is 47.9 Å². The summed E-state index contributed by atoms with van der Waals surface area (Å²) in [5.74, 6) is 0.0388. The van der Waals surface area contributed by atoms with E-state index in [0.717, 1.165) is 23.7 Å². The van der Waals surface area contributed by atoms with E-state index in [1.807, 2.05) is 11.3 Å². The molecule has 2 aliphatic rings. The van der Waals surface area contributed by atoms with Crippen LogP contribution < -0.4 is 5.32 Å². The summed E-state index contributed by atoms with van der Waals surface area (Å²) >= 11 is 4.10. The van der Waals surface area contributed by atoms with Crippen LogP contribution in [0.5, 0.6) is 0 Å². The van der Waals surface area contributed by atoms with Crippen LogP contribution >= 0.6 is 39.8 Å². The van der Waals surface area contributed by atoms with Crippen molar-refractivity contribution in [3.63, 3.8) is 0 Å². The predicted octanol–water partition coefficient (Wildman–Crippen LogP) is 5.92. The van der Waals surface area contributed by atoms with Crippen molar-refractivity contribution in [2.24, 2.45) is 5.92 Å². The molecule has 0 spiro atoms. The number of likely N-dealkylation sites (tertiary alicyclic amines) is 2. The number of amides is 2. The van der Waals surface area contributed by atoms with Crippen LogP contribution in [0.1, 0.15) is 50.5 Å². The maximum atomic E-state index is 12.3. The lowest BCUT2D eigenvalue weighted by molar-refractivity contribution is -0.144. The van der Waals surface area contributed by atoms with E-state index in [0.29, 0.717) is 37.0 Å². The molecule has 2 fully saturated rings. The van der Waals surface area contributed by atoms with Gasteiger partial charge in [0, 0.05) is 30.6 Å². The van der Waals surface area contributed by atoms with Crippen LogP contribution in [0.4, 0.5) is 5.69 Å². The molecule has 0 saturated carbocycles. The molecule has 12 heteroatoms. The van der Waals surface area contributed by atoms with Crippen LogP contribution in [-0.4, -0.2) is 73.9 Å². The highest BCUT2D eigenvalue weighted by Crippen LogP contribution is 2.34. The zero-order valence-corrected chi connectivity index (χ0v) is 26.8. The van der Waals surface area contributed by atoms with Gasteiger partial charge in [-0.15, -0.1) is 11.3 Å². The summed E-state index contributed by atoms with van der Waals surface area (Å²) in [6, 6.07) is 8.48. The number of hydrogen-bond acceptors (Lipinski definition) is 7. The molecule has 5 heterocycles. The number of benzene rings is 1. The number of piperidine rings is 2. The molecule has 0 bridgehead atoms. The summed E-state index contributed by atoms with van der Waals surface area (Å²) in [6.45, 7) is 9.29. The van der Waals surface area contributed by atoms with Crippen LogP contribution in [0.25, 0.3) is 21.1 Å². The molecule has 1 aromatic carbocycles. The quantitative estimate of drug-likeness (QED) is 0.162. The van der Waals surface area contributed by atoms with Gasteiger partial charge in [-0.3, -0.25) is 14.6 Å². The van der Waals surface area contributed by atoms with Gasteiger partial charge in [0.15, 0.2) is 0 Å². The average molecular weight is 692 g/mol. The van der Waals surface area contributed by atoms with Gasteiger partial charge in [0.2, 0.25) is 0 Å². The third-order valence-corrected chi connectivity index (χ3v) is 10.7. The van der Waals surface area contributed by atoms with Gasteiger partial charge in [-0.05, 0) is 85.4 Å². The minimum Gasteiger partial charge on any atom is -0.334 e. The minimum atomic E-state index is -0.613. The van der Waals surface area contributed by atoms with E-state index in [1.165, 1.54) is 47.7 Å². The van der Waals surface area contributed by atoms with Crippen molar-refractivity contribution in [1.82, 2.24) is 29.3 Å². The van der Waals surface area contributed by atoms with Crippen molar-refractivity contribution in [3.8, 4) is 0 Å². The van der Waals surface area contributed by atoms with Gasteiger partial charge in [-0.1, -0.05) is 26.0 Å². The smallest absolute Gasteiger partial charge is 0.314 e. The lowest BCUT2D eigenvalue weighted by atomic mass is 9.98. The normalized spacial score (nSPS) is 18.8. The third-order valence-electron chi connectivity index (χ3n) is 7.63. The van der Waals surface area contributed by atoms with Gasteiger partial charge in [-0.25, -0.2) is 9.44 Å². The first-order chi connectivity index (χ1) is 19.5. The van der Waals surface area contributed by atoms with E-state index in [4.69, 9.17) is 4.98 Å². The number of para-hydroxylation sites is 1. The van der Waals surface area contributed by atoms with Gasteiger partial charge in [0.1, 0.15) is 0 Å². The SMILES string of the molecule is CC1CCCN(C(=O)C(=O)Nc2cncc3cnn(PI)c23)C1.CCN1CCC(c2nc3ccccc3s2)CC1. The topological polar surface area (TPSA) is 96.2 Å². The molecule has 9 nitrogen and oxygen atoms in total. The number of carbonyl (C=O) groups excluding carboxylic acids is 2. The Morgan fingerprint density at radius 3 is 2.65 bits per heavy atom. The number of aromatic nitrogens is 4. The average Bonchev–Trinajstić information content (AvgIpc) is 3.62. The molecule has 0 radical (unpaired) electrons. The van der Waals surface area contributed by atoms with E-state index in [1.54, 1.807) is 27.9 Å². The number of nitrogens with zero attached hydrogens (tertiary/aromatic N) is 6. The highest BCUT2D eigenvalue weighted by molar-refractivity contribution is 14.2. The molecule has 1 N–H and O–H groups in total. The Balaban J connectivity index is 0.000000168. The Morgan fingerprint density at radius 1 is 1.12 bits per heavy atom. The van der Waals surface area contributed by atoms with E-state index in [9.17, 15) is 9.59 Å². The number of pyridine rings is 1. The number of anilines is 1. The van der Waals surface area contributed by atoms with Crippen molar-refractivity contribution >= 4 is 78.4 Å². The van der Waals surface area contributed by atoms with Gasteiger partial charge in [0.05, 0.1) is 45.2 Å². The fourth-order valence-electron chi connectivity index (χ4n) is 5.39. The number of thiazole rings is 1. The van der Waals surface area contributed by atoms with E-state index >= 15 is 0 Å². The number of hydrogen-bond donors (Lipinski definition) is 1. The van der Waals surface area contributed by atoms with Crippen LogP contribution in [0.15, 0.2) is 42.9 Å². The minimum absolute atomic E-state index is 0.398. The number of carbonyl (C=O) groups is 2. The van der Waals surface area contributed by atoms with Crippen LogP contribution in [0.3, 0.4) is 0 Å². The fourth-order valence-corrected chi connectivity index (χ4v) is 8.06. The Labute approximate surface area is 253 Å². The first kappa shape index (κ1) is 29.3. The van der Waals surface area contributed by atoms with Gasteiger partial charge in [-0.2, -0.15) is 5.10 Å². The summed E-state index contributed by atoms with van der Waals surface area (Å²) < 4.78 is 3.13. The standard InChI is InChI=1S/C14H17IN5O2P.C14H18N2S/c1-9-3-2-4-19(8-9)14(22)13(21)18-11-7-16-5-10-6-17-20(23-15)12(10)11;1-2-16-9-7-11(8-10-16)14-15-12-5-3-4-6-13(12)17-14/h5-7,9,23H,2-4,8H2,1H3,(H,18,21);3-6,11H,2,7-10H2,1H3. The molecule has 2 unspecified atom stereocenters. The first-order valence-corrected chi connectivity index (χ1v) is 18.7. The summed E-state index contributed by atoms with van der Waals surface area (Å²) in [5, 5.41) is 9.15. The van der Waals surface area contributed by atoms with E-state index in [2.05, 4.69) is 80.5 Å². The Hall–Kier alpha value is -2.21. The molecule has 2 aliphatic heterocycles. The van der Waals surface area contributed by atoms with Crippen molar-refractivity contribution < 1.29 is 9.59 Å². The fraction of sp³-hybridized carbons (Fsp3) is 0.464. The summed E-state index contributed by atoms with van der Waals surface area (Å²) in [7, 11) is 0. The highest BCUT2D eigenvalue weighted by Gasteiger charge is 2.27. The molecule has 6 rings (SSSR count). The van der Waals surface area contributed by atoms with Gasteiger partial charge < -0.3 is 15.1 Å². The molecule has 0 aliphatic carbocycles. The van der Waals surface area contributed by atoms with Crippen LogP contribution in [-0.2, 0) is 9.59 Å². The molecular formula is C28H35IN7O2PS. The van der Waals surface area contributed by atoms with E-state index in [-0.39, 0.29) is 0 Å². The number of fused-ring (bicyclic) bond motifs is 2. The third kappa shape index (κ3) is 6.80. The maximum Gasteiger partial charge on any atom is 0.314 e. The zero-order valence-electron chi connectivity index (χ0n) is 22.8. The molecule has 2 saturated heterocycles. The lowest BCUT2D eigenvalue weighted by Gasteiger charge is -2.30. The van der Waals surface area contributed by atoms with Crippen LogP contribution in [0, 0.1) is 5.92 Å². The second kappa shape index (κ2) is 13.6. The number of nitrogens with one attached hydrogen (secondary N) is 1. The number of halogens is 1. The van der Waals surface area contributed by atoms with Crippen molar-refractivity contribution in [1.29, 1.82) is 0 Å². The molecular weight excluding hydrogens is 656 g/mol. The molecule has 2 amide bonds. The molecule has 3 aromatic heterocycles. The second-order valence-electron chi connectivity index (χ2n) is 10.4. The zero-order chi connectivity index (χ0) is 28.1. The molecule has 40 heavy (non-hydrogen) atoms. The summed E-state index contributed by atoms with van der Waals surface area (Å²) in [5.41, 5.74) is 2.49. The maximum absolute atomic E-state index is 12.3. The molecule has 212 valence electrons. The summed E-state index contributed by atoms with van der Waals surface area (Å²) in [6.07, 6.45) is 9.94. The molecule has 2 atom stereocenters. The lowest BCUT2D eigenvalue weighted by Crippen LogP contribution is -2.44. The monoisotopic (exact) mass is 691 g/mol. The largest absolute Gasteiger partial charge is 0.334 e. The highest BCUT2D eigenvalue weighted by atomic mass is 127. The summed E-state index contributed by atoms with van der Waals surface area (Å²) in [4.78, 5) is 37.7. The van der Waals surface area contributed by atoms with E-state index < -0.39 is 11.8 Å². The Morgan fingerprint density at radius 2 is 1.93 bits per heavy atom. The van der Waals surface area contributed by atoms with Gasteiger partial charge in [0.25, 0.3) is 0 Å².